The van der Waals surface area contributed by atoms with Gasteiger partial charge < -0.3 is 25.4 Å². The summed E-state index contributed by atoms with van der Waals surface area (Å²) in [6, 6.07) is 16.4. The van der Waals surface area contributed by atoms with E-state index in [4.69, 9.17) is 14.6 Å². The number of H-pyrrole nitrogens is 1. The van der Waals surface area contributed by atoms with Gasteiger partial charge in [-0.25, -0.2) is 9.78 Å². The van der Waals surface area contributed by atoms with E-state index in [9.17, 15) is 18.0 Å². The SMILES string of the molecule is COc1ccc2c(c1)[C@]1(C[C@H]1c1ccc3c(/C=C/c4ccc(N5CCNCC5)nc4)n[nH]c3c1)C(=O)N2.O=C(O)C(F)(F)F. The third kappa shape index (κ3) is 5.46. The smallest absolute Gasteiger partial charge is 0.490 e. The topological polar surface area (TPSA) is 132 Å². The van der Waals surface area contributed by atoms with E-state index >= 15 is 0 Å². The second-order valence-corrected chi connectivity index (χ2v) is 10.8. The van der Waals surface area contributed by atoms with Gasteiger partial charge in [-0.15, -0.1) is 0 Å². The van der Waals surface area contributed by atoms with Crippen molar-refractivity contribution in [2.75, 3.05) is 43.5 Å². The standard InChI is InChI=1S/C29H28N6O2.C2HF3O2/c1-37-20-5-8-25-22(15-20)29(28(36)32-25)16-23(29)19-4-6-21-24(33-34-26(21)14-19)7-2-18-3-9-27(31-17-18)35-12-10-30-11-13-35;3-2(4,5)1(6)7/h2-9,14-15,17,23,30H,10-13,16H2,1H3,(H,32,36)(H,33,34);(H,6,7)/b7-2+;/t23-,29-;/m0./s1. The molecule has 4 heterocycles. The number of benzene rings is 2. The minimum Gasteiger partial charge on any atom is -0.497 e. The molecule has 2 aromatic heterocycles. The number of aliphatic carboxylic acids is 1. The first kappa shape index (κ1) is 29.2. The fourth-order valence-electron chi connectivity index (χ4n) is 5.85. The van der Waals surface area contributed by atoms with Crippen LogP contribution in [0.2, 0.25) is 0 Å². The van der Waals surface area contributed by atoms with Crippen LogP contribution < -0.4 is 20.3 Å². The van der Waals surface area contributed by atoms with Gasteiger partial charge in [0.25, 0.3) is 0 Å². The van der Waals surface area contributed by atoms with Crippen LogP contribution in [0.1, 0.15) is 34.7 Å². The third-order valence-corrected chi connectivity index (χ3v) is 8.23. The van der Waals surface area contributed by atoms with E-state index in [2.05, 4.69) is 61.0 Å². The molecule has 3 aliphatic rings. The minimum atomic E-state index is -5.08. The molecular weight excluding hydrogens is 577 g/mol. The van der Waals surface area contributed by atoms with Crippen LogP contribution >= 0.6 is 0 Å². The number of nitrogens with one attached hydrogen (secondary N) is 3. The number of fused-ring (bicyclic) bond motifs is 3. The van der Waals surface area contributed by atoms with Crippen molar-refractivity contribution < 1.29 is 32.6 Å². The Bertz CT molecular complexity index is 1750. The van der Waals surface area contributed by atoms with Gasteiger partial charge in [-0.3, -0.25) is 9.89 Å². The summed E-state index contributed by atoms with van der Waals surface area (Å²) in [5.41, 5.74) is 5.44. The molecule has 4 aromatic rings. The highest BCUT2D eigenvalue weighted by molar-refractivity contribution is 6.10. The maximum atomic E-state index is 13.0. The monoisotopic (exact) mass is 606 g/mol. The van der Waals surface area contributed by atoms with Gasteiger partial charge in [-0.2, -0.15) is 18.3 Å². The third-order valence-electron chi connectivity index (χ3n) is 8.23. The molecule has 0 radical (unpaired) electrons. The van der Waals surface area contributed by atoms with Crippen molar-refractivity contribution >= 4 is 46.4 Å². The number of piperazine rings is 1. The summed E-state index contributed by atoms with van der Waals surface area (Å²) in [7, 11) is 1.65. The molecular formula is C31H29F3N6O4. The number of alkyl halides is 3. The average molecular weight is 607 g/mol. The number of carbonyl (C=O) groups is 2. The summed E-state index contributed by atoms with van der Waals surface area (Å²) in [6.07, 6.45) is 1.68. The summed E-state index contributed by atoms with van der Waals surface area (Å²) in [6.45, 7) is 3.95. The first-order chi connectivity index (χ1) is 21.1. The van der Waals surface area contributed by atoms with Crippen molar-refractivity contribution in [1.29, 1.82) is 0 Å². The van der Waals surface area contributed by atoms with Gasteiger partial charge in [0.05, 0.1) is 23.7 Å². The number of aromatic amines is 1. The van der Waals surface area contributed by atoms with Crippen molar-refractivity contribution in [3.63, 3.8) is 0 Å². The Morgan fingerprint density at radius 1 is 1.11 bits per heavy atom. The van der Waals surface area contributed by atoms with E-state index < -0.39 is 17.6 Å². The Labute approximate surface area is 249 Å². The molecule has 1 spiro atoms. The van der Waals surface area contributed by atoms with Crippen molar-refractivity contribution in [3.05, 3.63) is 77.1 Å². The number of amides is 1. The molecule has 1 saturated heterocycles. The van der Waals surface area contributed by atoms with E-state index in [1.54, 1.807) is 7.11 Å². The number of methoxy groups -OCH3 is 1. The highest BCUT2D eigenvalue weighted by Gasteiger charge is 2.65. The Balaban J connectivity index is 0.000000441. The molecule has 2 aromatic carbocycles. The van der Waals surface area contributed by atoms with Crippen LogP contribution in [0.3, 0.4) is 0 Å². The zero-order valence-corrected chi connectivity index (χ0v) is 23.6. The number of hydrogen-bond acceptors (Lipinski definition) is 7. The van der Waals surface area contributed by atoms with E-state index in [0.29, 0.717) is 0 Å². The fraction of sp³-hybridized carbons (Fsp3) is 0.290. The van der Waals surface area contributed by atoms with Gasteiger partial charge in [0.15, 0.2) is 0 Å². The molecule has 2 fully saturated rings. The molecule has 1 aliphatic carbocycles. The number of carboxylic acids is 1. The maximum Gasteiger partial charge on any atom is 0.490 e. The van der Waals surface area contributed by atoms with E-state index in [0.717, 1.165) is 83.1 Å². The summed E-state index contributed by atoms with van der Waals surface area (Å²) >= 11 is 0. The number of anilines is 2. The van der Waals surface area contributed by atoms with Gasteiger partial charge in [-0.1, -0.05) is 18.2 Å². The quantitative estimate of drug-likeness (QED) is 0.260. The number of nitrogens with zero attached hydrogens (tertiary/aromatic N) is 3. The number of hydrogen-bond donors (Lipinski definition) is 4. The highest BCUT2D eigenvalue weighted by atomic mass is 19.4. The summed E-state index contributed by atoms with van der Waals surface area (Å²) < 4.78 is 37.2. The lowest BCUT2D eigenvalue weighted by atomic mass is 9.91. The second-order valence-electron chi connectivity index (χ2n) is 10.8. The molecule has 2 atom stereocenters. The number of aromatic nitrogens is 3. The van der Waals surface area contributed by atoms with Crippen LogP contribution in [-0.2, 0) is 15.0 Å². The van der Waals surface area contributed by atoms with E-state index in [-0.39, 0.29) is 11.8 Å². The van der Waals surface area contributed by atoms with Crippen molar-refractivity contribution in [3.8, 4) is 5.75 Å². The predicted octanol–water partition coefficient (Wildman–Crippen LogP) is 4.56. The molecule has 10 nitrogen and oxygen atoms in total. The highest BCUT2D eigenvalue weighted by Crippen LogP contribution is 2.65. The first-order valence-corrected chi connectivity index (χ1v) is 14.0. The van der Waals surface area contributed by atoms with Crippen LogP contribution in [0.4, 0.5) is 24.7 Å². The van der Waals surface area contributed by atoms with Gasteiger partial charge >= 0.3 is 12.1 Å². The summed E-state index contributed by atoms with van der Waals surface area (Å²) in [5.74, 6) is -0.758. The normalized spacial score (nSPS) is 20.8. The lowest BCUT2D eigenvalue weighted by Gasteiger charge is -2.28. The Kier molecular flexibility index (Phi) is 7.49. The number of halogens is 3. The molecule has 1 amide bonds. The number of rotatable bonds is 5. The van der Waals surface area contributed by atoms with Crippen molar-refractivity contribution in [1.82, 2.24) is 20.5 Å². The second kappa shape index (κ2) is 11.3. The number of ether oxygens (including phenoxy) is 1. The number of pyridine rings is 1. The molecule has 228 valence electrons. The minimum absolute atomic E-state index is 0.0747. The fourth-order valence-corrected chi connectivity index (χ4v) is 5.85. The van der Waals surface area contributed by atoms with Gasteiger partial charge in [0, 0.05) is 49.4 Å². The Morgan fingerprint density at radius 3 is 2.57 bits per heavy atom. The van der Waals surface area contributed by atoms with Gasteiger partial charge in [-0.05, 0) is 65.6 Å². The van der Waals surface area contributed by atoms with Crippen molar-refractivity contribution in [2.45, 2.75) is 23.9 Å². The largest absolute Gasteiger partial charge is 0.497 e. The molecule has 4 N–H and O–H groups in total. The maximum absolute atomic E-state index is 13.0. The molecule has 1 saturated carbocycles. The van der Waals surface area contributed by atoms with Crippen molar-refractivity contribution in [2.24, 2.45) is 0 Å². The Hall–Kier alpha value is -4.91. The van der Waals surface area contributed by atoms with Crippen LogP contribution in [0.5, 0.6) is 5.75 Å². The van der Waals surface area contributed by atoms with E-state index in [1.807, 2.05) is 36.5 Å². The lowest BCUT2D eigenvalue weighted by molar-refractivity contribution is -0.192. The van der Waals surface area contributed by atoms with Crippen LogP contribution in [0.25, 0.3) is 23.1 Å². The molecule has 0 unspecified atom stereocenters. The summed E-state index contributed by atoms with van der Waals surface area (Å²) in [4.78, 5) is 28.9. The van der Waals surface area contributed by atoms with Crippen LogP contribution in [0.15, 0.2) is 54.7 Å². The van der Waals surface area contributed by atoms with E-state index in [1.165, 1.54) is 0 Å². The number of carboxylic acid groups (broad SMARTS) is 1. The van der Waals surface area contributed by atoms with Gasteiger partial charge in [0.2, 0.25) is 5.91 Å². The molecule has 7 rings (SSSR count). The van der Waals surface area contributed by atoms with Gasteiger partial charge in [0.1, 0.15) is 11.6 Å². The zero-order valence-electron chi connectivity index (χ0n) is 23.6. The average Bonchev–Trinajstić information content (AvgIpc) is 3.57. The zero-order chi connectivity index (χ0) is 31.1. The Morgan fingerprint density at radius 2 is 1.89 bits per heavy atom. The molecule has 2 aliphatic heterocycles. The molecule has 0 bridgehead atoms. The lowest BCUT2D eigenvalue weighted by Crippen LogP contribution is -2.43. The number of carbonyl (C=O) groups excluding carboxylic acids is 1. The molecule has 44 heavy (non-hydrogen) atoms. The first-order valence-electron chi connectivity index (χ1n) is 14.0. The molecule has 13 heteroatoms. The summed E-state index contributed by atoms with van der Waals surface area (Å²) in [5, 5.41) is 22.3. The predicted molar refractivity (Wildman–Crippen MR) is 159 cm³/mol. The van der Waals surface area contributed by atoms with Crippen LogP contribution in [-0.4, -0.2) is 71.6 Å². The van der Waals surface area contributed by atoms with Crippen LogP contribution in [0, 0.1) is 0 Å².